The molecule has 0 bridgehead atoms. The highest BCUT2D eigenvalue weighted by Crippen LogP contribution is 2.18. The van der Waals surface area contributed by atoms with Gasteiger partial charge in [-0.25, -0.2) is 4.98 Å². The van der Waals surface area contributed by atoms with Gasteiger partial charge in [-0.05, 0) is 25.0 Å². The molecule has 0 saturated heterocycles. The average molecular weight is 344 g/mol. The zero-order chi connectivity index (χ0) is 17.9. The highest BCUT2D eigenvalue weighted by molar-refractivity contribution is 5.76. The van der Waals surface area contributed by atoms with Crippen molar-refractivity contribution < 1.29 is 4.79 Å². The summed E-state index contributed by atoms with van der Waals surface area (Å²) in [5.74, 6) is 1.28. The van der Waals surface area contributed by atoms with Gasteiger partial charge in [-0.15, -0.1) is 0 Å². The van der Waals surface area contributed by atoms with Crippen LogP contribution in [0.5, 0.6) is 0 Å². The molecule has 0 atom stereocenters. The van der Waals surface area contributed by atoms with Crippen molar-refractivity contribution in [3.05, 3.63) is 30.1 Å². The summed E-state index contributed by atoms with van der Waals surface area (Å²) in [5.41, 5.74) is 2.32. The number of nitrogens with zero attached hydrogens (tertiary/aromatic N) is 2. The molecule has 0 radical (unpaired) electrons. The fourth-order valence-corrected chi connectivity index (χ4v) is 3.22. The Morgan fingerprint density at radius 1 is 1.04 bits per heavy atom. The topological polar surface area (TPSA) is 46.9 Å². The smallest absolute Gasteiger partial charge is 0.219 e. The largest absolute Gasteiger partial charge is 0.356 e. The number of aromatic nitrogens is 2. The molecule has 1 amide bonds. The van der Waals surface area contributed by atoms with Gasteiger partial charge in [-0.3, -0.25) is 4.79 Å². The molecule has 0 unspecified atom stereocenters. The molecular formula is C21H33N3O. The Morgan fingerprint density at radius 2 is 1.80 bits per heavy atom. The van der Waals surface area contributed by atoms with E-state index in [1.807, 2.05) is 6.92 Å². The molecule has 25 heavy (non-hydrogen) atoms. The number of amides is 1. The molecule has 0 aliphatic rings. The van der Waals surface area contributed by atoms with E-state index < -0.39 is 0 Å². The van der Waals surface area contributed by atoms with E-state index >= 15 is 0 Å². The van der Waals surface area contributed by atoms with Gasteiger partial charge in [0.2, 0.25) is 5.91 Å². The summed E-state index contributed by atoms with van der Waals surface area (Å²) in [5, 5.41) is 2.95. The summed E-state index contributed by atoms with van der Waals surface area (Å²) in [6.07, 6.45) is 10.2. The van der Waals surface area contributed by atoms with Crippen LogP contribution in [0.25, 0.3) is 11.0 Å². The van der Waals surface area contributed by atoms with Gasteiger partial charge in [0, 0.05) is 25.9 Å². The third kappa shape index (κ3) is 6.18. The lowest BCUT2D eigenvalue weighted by Gasteiger charge is -2.10. The lowest BCUT2D eigenvalue weighted by molar-refractivity contribution is -0.120. The van der Waals surface area contributed by atoms with Gasteiger partial charge >= 0.3 is 0 Å². The van der Waals surface area contributed by atoms with E-state index in [2.05, 4.69) is 41.1 Å². The van der Waals surface area contributed by atoms with E-state index in [1.165, 1.54) is 44.0 Å². The maximum absolute atomic E-state index is 11.3. The first-order valence-electron chi connectivity index (χ1n) is 9.97. The van der Waals surface area contributed by atoms with Crippen LogP contribution in [0.15, 0.2) is 24.3 Å². The van der Waals surface area contributed by atoms with Gasteiger partial charge in [0.05, 0.1) is 11.0 Å². The number of unbranched alkanes of at least 4 members (excludes halogenated alkanes) is 5. The predicted molar refractivity (Wildman–Crippen MR) is 105 cm³/mol. The molecule has 2 aromatic rings. The molecule has 1 aromatic carbocycles. The summed E-state index contributed by atoms with van der Waals surface area (Å²) in [7, 11) is 0. The Bertz CT molecular complexity index is 648. The molecule has 0 aliphatic carbocycles. The van der Waals surface area contributed by atoms with Gasteiger partial charge in [-0.2, -0.15) is 0 Å². The number of benzene rings is 1. The van der Waals surface area contributed by atoms with Crippen molar-refractivity contribution in [3.63, 3.8) is 0 Å². The molecule has 4 nitrogen and oxygen atoms in total. The van der Waals surface area contributed by atoms with E-state index in [0.29, 0.717) is 6.42 Å². The Balaban J connectivity index is 1.92. The highest BCUT2D eigenvalue weighted by Gasteiger charge is 2.10. The van der Waals surface area contributed by atoms with Crippen molar-refractivity contribution in [2.24, 2.45) is 0 Å². The summed E-state index contributed by atoms with van der Waals surface area (Å²) in [4.78, 5) is 16.2. The van der Waals surface area contributed by atoms with Crippen molar-refractivity contribution in [1.82, 2.24) is 14.9 Å². The molecule has 2 rings (SSSR count). The lowest BCUT2D eigenvalue weighted by Crippen LogP contribution is -2.23. The van der Waals surface area contributed by atoms with Crippen molar-refractivity contribution in [1.29, 1.82) is 0 Å². The fourth-order valence-electron chi connectivity index (χ4n) is 3.22. The third-order valence-electron chi connectivity index (χ3n) is 4.69. The SMILES string of the molecule is CCCCCCCCn1c(CCCNC(=O)CC)nc2ccccc21. The lowest BCUT2D eigenvalue weighted by atomic mass is 10.1. The predicted octanol–water partition coefficient (Wildman–Crippen LogP) is 4.86. The summed E-state index contributed by atoms with van der Waals surface area (Å²) in [6.45, 7) is 5.91. The number of imidazole rings is 1. The van der Waals surface area contributed by atoms with Crippen LogP contribution in [-0.2, 0) is 17.8 Å². The van der Waals surface area contributed by atoms with Crippen LogP contribution in [0, 0.1) is 0 Å². The van der Waals surface area contributed by atoms with Crippen LogP contribution < -0.4 is 5.32 Å². The Hall–Kier alpha value is -1.84. The third-order valence-corrected chi connectivity index (χ3v) is 4.69. The minimum Gasteiger partial charge on any atom is -0.356 e. The van der Waals surface area contributed by atoms with Crippen LogP contribution in [-0.4, -0.2) is 22.0 Å². The number of fused-ring (bicyclic) bond motifs is 1. The maximum atomic E-state index is 11.3. The van der Waals surface area contributed by atoms with E-state index in [0.717, 1.165) is 37.3 Å². The molecular weight excluding hydrogens is 310 g/mol. The number of carbonyl (C=O) groups is 1. The van der Waals surface area contributed by atoms with Crippen LogP contribution in [0.4, 0.5) is 0 Å². The molecule has 0 saturated carbocycles. The van der Waals surface area contributed by atoms with Gasteiger partial charge in [-0.1, -0.05) is 58.1 Å². The molecule has 0 spiro atoms. The summed E-state index contributed by atoms with van der Waals surface area (Å²) >= 11 is 0. The van der Waals surface area contributed by atoms with Crippen LogP contribution in [0.2, 0.25) is 0 Å². The maximum Gasteiger partial charge on any atom is 0.219 e. The first-order valence-corrected chi connectivity index (χ1v) is 9.97. The second kappa shape index (κ2) is 10.9. The zero-order valence-corrected chi connectivity index (χ0v) is 15.9. The minimum absolute atomic E-state index is 0.126. The molecule has 1 heterocycles. The number of nitrogens with one attached hydrogen (secondary N) is 1. The molecule has 1 N–H and O–H groups in total. The highest BCUT2D eigenvalue weighted by atomic mass is 16.1. The van der Waals surface area contributed by atoms with E-state index in [9.17, 15) is 4.79 Å². The quantitative estimate of drug-likeness (QED) is 0.560. The van der Waals surface area contributed by atoms with E-state index in [4.69, 9.17) is 4.98 Å². The Labute approximate surface area is 152 Å². The fraction of sp³-hybridized carbons (Fsp3) is 0.619. The second-order valence-corrected chi connectivity index (χ2v) is 6.74. The van der Waals surface area contributed by atoms with Crippen LogP contribution in [0.3, 0.4) is 0 Å². The van der Waals surface area contributed by atoms with E-state index in [-0.39, 0.29) is 5.91 Å². The van der Waals surface area contributed by atoms with Crippen molar-refractivity contribution >= 4 is 16.9 Å². The van der Waals surface area contributed by atoms with Crippen molar-refractivity contribution in [2.75, 3.05) is 6.54 Å². The second-order valence-electron chi connectivity index (χ2n) is 6.74. The average Bonchev–Trinajstić information content (AvgIpc) is 2.99. The normalized spacial score (nSPS) is 11.1. The van der Waals surface area contributed by atoms with Gasteiger partial charge < -0.3 is 9.88 Å². The standard InChI is InChI=1S/C21H33N3O/c1-3-5-6-7-8-11-17-24-19-14-10-9-13-18(19)23-20(24)15-12-16-22-21(25)4-2/h9-10,13-14H,3-8,11-12,15-17H2,1-2H3,(H,22,25). The van der Waals surface area contributed by atoms with Crippen LogP contribution in [0.1, 0.15) is 71.0 Å². The number of aryl methyl sites for hydroxylation is 2. The van der Waals surface area contributed by atoms with Gasteiger partial charge in [0.15, 0.2) is 0 Å². The Morgan fingerprint density at radius 3 is 2.60 bits per heavy atom. The molecule has 0 aliphatic heterocycles. The number of hydrogen-bond acceptors (Lipinski definition) is 2. The number of para-hydroxylation sites is 2. The molecule has 138 valence electrons. The summed E-state index contributed by atoms with van der Waals surface area (Å²) in [6, 6.07) is 8.40. The summed E-state index contributed by atoms with van der Waals surface area (Å²) < 4.78 is 2.39. The zero-order valence-electron chi connectivity index (χ0n) is 15.9. The molecule has 4 heteroatoms. The van der Waals surface area contributed by atoms with Crippen molar-refractivity contribution in [3.8, 4) is 0 Å². The number of carbonyl (C=O) groups excluding carboxylic acids is 1. The number of hydrogen-bond donors (Lipinski definition) is 1. The molecule has 0 fully saturated rings. The minimum atomic E-state index is 0.126. The monoisotopic (exact) mass is 343 g/mol. The van der Waals surface area contributed by atoms with Gasteiger partial charge in [0.1, 0.15) is 5.82 Å². The first kappa shape index (κ1) is 19.5. The Kier molecular flexibility index (Phi) is 8.50. The van der Waals surface area contributed by atoms with Crippen molar-refractivity contribution in [2.45, 2.75) is 78.2 Å². The molecule has 1 aromatic heterocycles. The first-order chi connectivity index (χ1) is 12.3. The number of rotatable bonds is 12. The van der Waals surface area contributed by atoms with Gasteiger partial charge in [0.25, 0.3) is 0 Å². The van der Waals surface area contributed by atoms with E-state index in [1.54, 1.807) is 0 Å². The van der Waals surface area contributed by atoms with Crippen LogP contribution >= 0.6 is 0 Å².